The van der Waals surface area contributed by atoms with Gasteiger partial charge in [-0.15, -0.1) is 24.0 Å². The molecule has 1 aromatic carbocycles. The highest BCUT2D eigenvalue weighted by Crippen LogP contribution is 2.17. The molecule has 2 aliphatic heterocycles. The minimum Gasteiger partial charge on any atom is -0.357 e. The largest absolute Gasteiger partial charge is 0.357 e. The first-order valence-electron chi connectivity index (χ1n) is 11.3. The second-order valence-electron chi connectivity index (χ2n) is 8.22. The van der Waals surface area contributed by atoms with Crippen LogP contribution in [0, 0.1) is 5.92 Å². The molecule has 0 spiro atoms. The van der Waals surface area contributed by atoms with E-state index in [1.54, 1.807) is 0 Å². The number of guanidine groups is 1. The zero-order chi connectivity index (χ0) is 19.6. The molecule has 5 nitrogen and oxygen atoms in total. The minimum absolute atomic E-state index is 0. The van der Waals surface area contributed by atoms with Gasteiger partial charge in [0, 0.05) is 38.8 Å². The monoisotopic (exact) mass is 513 g/mol. The molecule has 6 heteroatoms. The molecule has 0 radical (unpaired) electrons. The lowest BCUT2D eigenvalue weighted by Gasteiger charge is -2.24. The maximum absolute atomic E-state index is 4.91. The normalized spacial score (nSPS) is 23.2. The minimum atomic E-state index is 0. The van der Waals surface area contributed by atoms with E-state index in [0.717, 1.165) is 45.1 Å². The molecular formula is C23H40IN5. The molecule has 29 heavy (non-hydrogen) atoms. The first-order valence-corrected chi connectivity index (χ1v) is 11.3. The van der Waals surface area contributed by atoms with Gasteiger partial charge in [-0.05, 0) is 63.7 Å². The number of likely N-dealkylation sites (tertiary alicyclic amines) is 2. The SMILES string of the molecule is CCNC(=NCC1CCN(CCc2ccccc2)C1)NCC1CCCN1CC.I. The molecule has 3 rings (SSSR count). The maximum atomic E-state index is 4.91. The zero-order valence-corrected chi connectivity index (χ0v) is 20.6. The number of aliphatic imine (C=N–C) groups is 1. The van der Waals surface area contributed by atoms with E-state index < -0.39 is 0 Å². The quantitative estimate of drug-likeness (QED) is 0.303. The summed E-state index contributed by atoms with van der Waals surface area (Å²) in [5.74, 6) is 1.68. The van der Waals surface area contributed by atoms with Crippen LogP contribution in [0.15, 0.2) is 35.3 Å². The zero-order valence-electron chi connectivity index (χ0n) is 18.3. The van der Waals surface area contributed by atoms with Gasteiger partial charge in [-0.2, -0.15) is 0 Å². The maximum Gasteiger partial charge on any atom is 0.191 e. The van der Waals surface area contributed by atoms with Crippen molar-refractivity contribution in [3.05, 3.63) is 35.9 Å². The number of hydrogen-bond donors (Lipinski definition) is 2. The summed E-state index contributed by atoms with van der Waals surface area (Å²) in [5, 5.41) is 7.02. The van der Waals surface area contributed by atoms with Crippen LogP contribution in [0.4, 0.5) is 0 Å². The summed E-state index contributed by atoms with van der Waals surface area (Å²) in [6, 6.07) is 11.5. The van der Waals surface area contributed by atoms with Crippen LogP contribution < -0.4 is 10.6 Å². The Morgan fingerprint density at radius 1 is 1.10 bits per heavy atom. The van der Waals surface area contributed by atoms with Gasteiger partial charge in [0.05, 0.1) is 0 Å². The van der Waals surface area contributed by atoms with Crippen LogP contribution >= 0.6 is 24.0 Å². The number of hydrogen-bond acceptors (Lipinski definition) is 3. The van der Waals surface area contributed by atoms with Crippen molar-refractivity contribution in [3.8, 4) is 0 Å². The molecule has 2 fully saturated rings. The fraction of sp³-hybridized carbons (Fsp3) is 0.696. The third kappa shape index (κ3) is 8.06. The van der Waals surface area contributed by atoms with Crippen molar-refractivity contribution >= 4 is 29.9 Å². The van der Waals surface area contributed by atoms with Gasteiger partial charge in [0.1, 0.15) is 0 Å². The Kier molecular flexibility index (Phi) is 11.3. The molecule has 2 saturated heterocycles. The van der Waals surface area contributed by atoms with Crippen molar-refractivity contribution in [1.29, 1.82) is 0 Å². The van der Waals surface area contributed by atoms with Crippen LogP contribution in [0.1, 0.15) is 38.7 Å². The number of likely N-dealkylation sites (N-methyl/N-ethyl adjacent to an activating group) is 1. The van der Waals surface area contributed by atoms with Gasteiger partial charge >= 0.3 is 0 Å². The third-order valence-corrected chi connectivity index (χ3v) is 6.19. The highest BCUT2D eigenvalue weighted by Gasteiger charge is 2.24. The van der Waals surface area contributed by atoms with Crippen LogP contribution in [0.25, 0.3) is 0 Å². The Balaban J connectivity index is 0.00000300. The molecule has 0 amide bonds. The molecule has 0 saturated carbocycles. The van der Waals surface area contributed by atoms with Crippen LogP contribution in [-0.2, 0) is 6.42 Å². The molecule has 2 N–H and O–H groups in total. The van der Waals surface area contributed by atoms with Crippen molar-refractivity contribution in [3.63, 3.8) is 0 Å². The Labute approximate surface area is 194 Å². The van der Waals surface area contributed by atoms with Gasteiger partial charge in [0.15, 0.2) is 5.96 Å². The summed E-state index contributed by atoms with van der Waals surface area (Å²) in [4.78, 5) is 10.1. The van der Waals surface area contributed by atoms with Crippen molar-refractivity contribution in [1.82, 2.24) is 20.4 Å². The first kappa shape index (κ1) is 24.4. The van der Waals surface area contributed by atoms with Gasteiger partial charge in [-0.25, -0.2) is 0 Å². The summed E-state index contributed by atoms with van der Waals surface area (Å²) in [6.07, 6.45) is 5.05. The van der Waals surface area contributed by atoms with Crippen molar-refractivity contribution in [2.75, 3.05) is 52.4 Å². The molecule has 0 bridgehead atoms. The van der Waals surface area contributed by atoms with Crippen LogP contribution in [0.2, 0.25) is 0 Å². The molecule has 2 heterocycles. The Hall–Kier alpha value is -0.860. The number of nitrogens with zero attached hydrogens (tertiary/aromatic N) is 3. The van der Waals surface area contributed by atoms with Gasteiger partial charge in [-0.3, -0.25) is 9.89 Å². The average Bonchev–Trinajstić information content (AvgIpc) is 3.38. The van der Waals surface area contributed by atoms with Gasteiger partial charge in [0.25, 0.3) is 0 Å². The standard InChI is InChI=1S/C23H39N5.HI/c1-3-24-23(26-18-22-11-8-14-28(22)4-2)25-17-21-13-16-27(19-21)15-12-20-9-6-5-7-10-20;/h5-7,9-10,21-22H,3-4,8,11-19H2,1-2H3,(H2,24,25,26);1H. The second-order valence-corrected chi connectivity index (χ2v) is 8.22. The van der Waals surface area contributed by atoms with Crippen molar-refractivity contribution < 1.29 is 0 Å². The van der Waals surface area contributed by atoms with Crippen molar-refractivity contribution in [2.45, 2.75) is 45.6 Å². The lowest BCUT2D eigenvalue weighted by molar-refractivity contribution is 0.267. The van der Waals surface area contributed by atoms with Gasteiger partial charge < -0.3 is 15.5 Å². The van der Waals surface area contributed by atoms with Crippen LogP contribution in [0.3, 0.4) is 0 Å². The van der Waals surface area contributed by atoms with Crippen LogP contribution in [0.5, 0.6) is 0 Å². The van der Waals surface area contributed by atoms with E-state index in [1.807, 2.05) is 0 Å². The highest BCUT2D eigenvalue weighted by molar-refractivity contribution is 14.0. The molecule has 0 aromatic heterocycles. The molecule has 164 valence electrons. The number of halogens is 1. The van der Waals surface area contributed by atoms with E-state index in [-0.39, 0.29) is 24.0 Å². The summed E-state index contributed by atoms with van der Waals surface area (Å²) in [5.41, 5.74) is 1.44. The number of nitrogens with one attached hydrogen (secondary N) is 2. The molecule has 2 unspecified atom stereocenters. The molecule has 2 atom stereocenters. The lowest BCUT2D eigenvalue weighted by atomic mass is 10.1. The third-order valence-electron chi connectivity index (χ3n) is 6.19. The molecular weight excluding hydrogens is 473 g/mol. The Morgan fingerprint density at radius 3 is 2.69 bits per heavy atom. The van der Waals surface area contributed by atoms with E-state index in [4.69, 9.17) is 4.99 Å². The number of rotatable bonds is 9. The van der Waals surface area contributed by atoms with E-state index in [9.17, 15) is 0 Å². The lowest BCUT2D eigenvalue weighted by Crippen LogP contribution is -2.45. The Morgan fingerprint density at radius 2 is 1.93 bits per heavy atom. The summed E-state index contributed by atoms with van der Waals surface area (Å²) in [7, 11) is 0. The van der Waals surface area contributed by atoms with Crippen LogP contribution in [-0.4, -0.2) is 74.2 Å². The second kappa shape index (κ2) is 13.4. The topological polar surface area (TPSA) is 42.9 Å². The van der Waals surface area contributed by atoms with E-state index in [2.05, 4.69) is 64.6 Å². The molecule has 0 aliphatic carbocycles. The van der Waals surface area contributed by atoms with Crippen molar-refractivity contribution in [2.24, 2.45) is 10.9 Å². The van der Waals surface area contributed by atoms with E-state index in [0.29, 0.717) is 12.0 Å². The molecule has 1 aromatic rings. The van der Waals surface area contributed by atoms with E-state index >= 15 is 0 Å². The van der Waals surface area contributed by atoms with Gasteiger partial charge in [0.2, 0.25) is 0 Å². The highest BCUT2D eigenvalue weighted by atomic mass is 127. The van der Waals surface area contributed by atoms with E-state index in [1.165, 1.54) is 44.5 Å². The fourth-order valence-electron chi connectivity index (χ4n) is 4.52. The fourth-order valence-corrected chi connectivity index (χ4v) is 4.52. The van der Waals surface area contributed by atoms with Gasteiger partial charge in [-0.1, -0.05) is 37.3 Å². The predicted octanol–water partition coefficient (Wildman–Crippen LogP) is 3.21. The Bertz CT molecular complexity index is 594. The first-order chi connectivity index (χ1) is 13.8. The summed E-state index contributed by atoms with van der Waals surface area (Å²) < 4.78 is 0. The summed E-state index contributed by atoms with van der Waals surface area (Å²) >= 11 is 0. The average molecular weight is 514 g/mol. The smallest absolute Gasteiger partial charge is 0.191 e. The predicted molar refractivity (Wildman–Crippen MR) is 134 cm³/mol. The summed E-state index contributed by atoms with van der Waals surface area (Å²) in [6.45, 7) is 13.2. The molecule has 2 aliphatic rings. The number of benzene rings is 1.